The van der Waals surface area contributed by atoms with Crippen molar-refractivity contribution in [3.8, 4) is 0 Å². The molecule has 0 heterocycles. The van der Waals surface area contributed by atoms with E-state index in [1.807, 2.05) is 0 Å². The summed E-state index contributed by atoms with van der Waals surface area (Å²) in [6.07, 6.45) is 0. The molecule has 0 saturated carbocycles. The molecule has 0 radical (unpaired) electrons. The summed E-state index contributed by atoms with van der Waals surface area (Å²) in [4.78, 5) is 0. The van der Waals surface area contributed by atoms with Gasteiger partial charge >= 0.3 is 74.5 Å². The van der Waals surface area contributed by atoms with Crippen molar-refractivity contribution in [1.82, 2.24) is 0 Å². The van der Waals surface area contributed by atoms with Gasteiger partial charge in [-0.15, -0.1) is 0 Å². The van der Waals surface area contributed by atoms with Crippen LogP contribution in [0, 0.1) is 0 Å². The molecule has 61 valence electrons. The van der Waals surface area contributed by atoms with Crippen LogP contribution in [0.2, 0.25) is 0 Å². The molecule has 0 aliphatic carbocycles. The third kappa shape index (κ3) is 4.88. The summed E-state index contributed by atoms with van der Waals surface area (Å²) in [5, 5.41) is 0. The summed E-state index contributed by atoms with van der Waals surface area (Å²) in [6.45, 7) is 0.647. The van der Waals surface area contributed by atoms with Crippen LogP contribution in [0.4, 0.5) is 0 Å². The van der Waals surface area contributed by atoms with Crippen molar-refractivity contribution in [2.45, 2.75) is 4.58 Å². The summed E-state index contributed by atoms with van der Waals surface area (Å²) < 4.78 is 10.2. The molecule has 0 N–H and O–H groups in total. The van der Waals surface area contributed by atoms with Crippen LogP contribution in [0.15, 0.2) is 0 Å². The number of hydrogen-bond donors (Lipinski definition) is 0. The van der Waals surface area contributed by atoms with Gasteiger partial charge in [-0.1, -0.05) is 0 Å². The van der Waals surface area contributed by atoms with Gasteiger partial charge in [-0.25, -0.2) is 0 Å². The Labute approximate surface area is 74.0 Å². The zero-order valence-electron chi connectivity index (χ0n) is 5.17. The number of ether oxygens (including phenoxy) is 2. The number of halogens is 2. The first-order valence-corrected chi connectivity index (χ1v) is 10.2. The molecule has 0 rings (SSSR count). The van der Waals surface area contributed by atoms with E-state index in [1.165, 1.54) is 0 Å². The Morgan fingerprint density at radius 2 is 2.00 bits per heavy atom. The van der Waals surface area contributed by atoms with Crippen LogP contribution in [0.5, 0.6) is 0 Å². The van der Waals surface area contributed by atoms with E-state index in [9.17, 15) is 0 Å². The second-order valence-corrected chi connectivity index (χ2v) is 13.5. The van der Waals surface area contributed by atoms with E-state index < -0.39 is 12.7 Å². The van der Waals surface area contributed by atoms with Crippen molar-refractivity contribution in [2.75, 3.05) is 20.8 Å². The van der Waals surface area contributed by atoms with E-state index in [0.717, 1.165) is 0 Å². The van der Waals surface area contributed by atoms with Gasteiger partial charge in [-0.3, -0.25) is 0 Å². The maximum atomic E-state index is 5.09. The van der Waals surface area contributed by atoms with Gasteiger partial charge in [0.2, 0.25) is 0 Å². The fourth-order valence-electron chi connectivity index (χ4n) is 0.285. The molecule has 0 bridgehead atoms. The molecule has 0 saturated heterocycles. The van der Waals surface area contributed by atoms with E-state index in [2.05, 4.69) is 26.9 Å². The zero-order valence-corrected chi connectivity index (χ0v) is 9.90. The molecule has 9 heavy (non-hydrogen) atoms. The van der Waals surface area contributed by atoms with Crippen LogP contribution < -0.4 is 0 Å². The molecule has 0 aliphatic heterocycles. The van der Waals surface area contributed by atoms with Gasteiger partial charge in [0.1, 0.15) is 0 Å². The predicted molar refractivity (Wildman–Crippen MR) is 40.5 cm³/mol. The third-order valence-electron chi connectivity index (χ3n) is 0.683. The van der Waals surface area contributed by atoms with E-state index in [-0.39, 0.29) is 4.58 Å². The molecule has 0 aromatic carbocycles. The average molecular weight is 355 g/mol. The third-order valence-corrected chi connectivity index (χ3v) is 5.89. The van der Waals surface area contributed by atoms with E-state index in [4.69, 9.17) is 9.47 Å². The number of methoxy groups -OCH3 is 2. The molecular formula is C4H9Br2O2Pd. The average Bonchev–Trinajstić information content (AvgIpc) is 1.82. The topological polar surface area (TPSA) is 18.5 Å². The van der Waals surface area contributed by atoms with Crippen molar-refractivity contribution in [3.05, 3.63) is 0 Å². The molecule has 5 heteroatoms. The van der Waals surface area contributed by atoms with Gasteiger partial charge in [0.05, 0.1) is 0 Å². The van der Waals surface area contributed by atoms with Crippen molar-refractivity contribution >= 4 is 26.9 Å². The maximum absolute atomic E-state index is 5.09. The van der Waals surface area contributed by atoms with Crippen LogP contribution in [0.3, 0.4) is 0 Å². The van der Waals surface area contributed by atoms with Gasteiger partial charge in [-0.2, -0.15) is 0 Å². The van der Waals surface area contributed by atoms with Gasteiger partial charge < -0.3 is 0 Å². The quantitative estimate of drug-likeness (QED) is 0.717. The molecule has 0 spiro atoms. The molecule has 0 aliphatic rings. The Morgan fingerprint density at radius 3 is 2.11 bits per heavy atom. The summed E-state index contributed by atoms with van der Waals surface area (Å²) in [5.41, 5.74) is 0. The Morgan fingerprint density at radius 1 is 1.44 bits per heavy atom. The van der Waals surface area contributed by atoms with Gasteiger partial charge in [0.15, 0.2) is 0 Å². The van der Waals surface area contributed by atoms with Crippen LogP contribution in [-0.4, -0.2) is 25.4 Å². The normalized spacial score (nSPS) is 15.3. The van der Waals surface area contributed by atoms with Gasteiger partial charge in [-0.05, 0) is 0 Å². The summed E-state index contributed by atoms with van der Waals surface area (Å²) in [5.74, 6) is 0. The molecular weight excluding hydrogens is 346 g/mol. The van der Waals surface area contributed by atoms with Crippen LogP contribution in [-0.2, 0) is 22.2 Å². The zero-order chi connectivity index (χ0) is 7.28. The van der Waals surface area contributed by atoms with Crippen LogP contribution in [0.25, 0.3) is 0 Å². The molecule has 2 nitrogen and oxygen atoms in total. The fraction of sp³-hybridized carbons (Fsp3) is 1.00. The minimum absolute atomic E-state index is 0.195. The van der Waals surface area contributed by atoms with Crippen molar-refractivity contribution in [3.63, 3.8) is 0 Å². The second kappa shape index (κ2) is 6.27. The van der Waals surface area contributed by atoms with E-state index >= 15 is 0 Å². The standard InChI is InChI=1S/C4H9O2.2BrH.Pd/c1-5-3-4-6-2;;;/h3H,4H2,1-2H3;2*1H;/q;;;+2/p-2. The Kier molecular flexibility index (Phi) is 7.34. The molecule has 0 amide bonds. The molecule has 1 atom stereocenters. The van der Waals surface area contributed by atoms with Crippen molar-refractivity contribution < 1.29 is 22.2 Å². The number of rotatable bonds is 4. The molecule has 0 aromatic rings. The van der Waals surface area contributed by atoms with Crippen molar-refractivity contribution in [2.24, 2.45) is 0 Å². The van der Waals surface area contributed by atoms with Gasteiger partial charge in [0.25, 0.3) is 0 Å². The molecule has 1 unspecified atom stereocenters. The first-order chi connectivity index (χ1) is 4.22. The van der Waals surface area contributed by atoms with Crippen molar-refractivity contribution in [1.29, 1.82) is 0 Å². The summed E-state index contributed by atoms with van der Waals surface area (Å²) in [7, 11) is 3.35. The van der Waals surface area contributed by atoms with E-state index in [1.54, 1.807) is 14.2 Å². The number of hydrogen-bond acceptors (Lipinski definition) is 2. The summed E-state index contributed by atoms with van der Waals surface area (Å²) in [6, 6.07) is 0. The minimum atomic E-state index is -0.835. The fourth-order valence-corrected chi connectivity index (χ4v) is 3.40. The Bertz CT molecular complexity index is 71.6. The van der Waals surface area contributed by atoms with E-state index in [0.29, 0.717) is 6.61 Å². The van der Waals surface area contributed by atoms with Crippen LogP contribution >= 0.6 is 26.9 Å². The predicted octanol–water partition coefficient (Wildman–Crippen LogP) is 1.84. The second-order valence-electron chi connectivity index (χ2n) is 1.24. The van der Waals surface area contributed by atoms with Gasteiger partial charge in [0, 0.05) is 0 Å². The summed E-state index contributed by atoms with van der Waals surface area (Å²) >= 11 is 6.03. The molecule has 0 aromatic heterocycles. The SMILES string of the molecule is COC[CH](OC)[Pd]([Br])[Br]. The Hall–Kier alpha value is 1.54. The molecule has 0 fully saturated rings. The van der Waals surface area contributed by atoms with Crippen LogP contribution in [0.1, 0.15) is 0 Å². The Balaban J connectivity index is 3.41. The first kappa shape index (κ1) is 10.5. The monoisotopic (exact) mass is 353 g/mol. The first-order valence-electron chi connectivity index (χ1n) is 2.17.